The molecule has 0 unspecified atom stereocenters. The molecule has 3 aromatic carbocycles. The van der Waals surface area contributed by atoms with E-state index in [4.69, 9.17) is 0 Å². The minimum absolute atomic E-state index is 0. The fraction of sp³-hybridized carbons (Fsp3) is 0.242. The van der Waals surface area contributed by atoms with Gasteiger partial charge in [-0.25, -0.2) is 8.42 Å². The van der Waals surface area contributed by atoms with Crippen LogP contribution in [0.4, 0.5) is 5.69 Å². The number of hydrogen-bond donors (Lipinski definition) is 0. The van der Waals surface area contributed by atoms with Crippen LogP contribution in [0.25, 0.3) is 27.8 Å². The van der Waals surface area contributed by atoms with Gasteiger partial charge in [-0.2, -0.15) is 8.90 Å². The van der Waals surface area contributed by atoms with E-state index in [1.165, 1.54) is 11.1 Å². The van der Waals surface area contributed by atoms with Gasteiger partial charge in [0.2, 0.25) is 5.52 Å². The van der Waals surface area contributed by atoms with Crippen LogP contribution < -0.4 is 44.3 Å². The molecule has 12 heteroatoms. The van der Waals surface area contributed by atoms with E-state index in [0.717, 1.165) is 67.9 Å². The predicted octanol–water partition coefficient (Wildman–Crippen LogP) is 3.12. The van der Waals surface area contributed by atoms with Gasteiger partial charge in [-0.05, 0) is 60.6 Å². The summed E-state index contributed by atoms with van der Waals surface area (Å²) in [7, 11) is -4.28. The second-order valence-corrected chi connectivity index (χ2v) is 13.8. The van der Waals surface area contributed by atoms with Crippen molar-refractivity contribution >= 4 is 67.4 Å². The van der Waals surface area contributed by atoms with E-state index in [1.807, 2.05) is 36.4 Å². The zero-order valence-corrected chi connectivity index (χ0v) is 29.9. The maximum atomic E-state index is 11.3. The number of hydrogen-bond acceptors (Lipinski definition) is 9. The SMILES string of the molecule is Cc1cc2c(C=CC=CC=C3Sc4ccc5ccccc5c4N3CCCS(=O)(=O)[O-])cc[n+](CCCSOO[O-])c2cc1C.[Na+]. The molecule has 0 atom stereocenters. The molecule has 4 aromatic rings. The Labute approximate surface area is 294 Å². The molecule has 0 aliphatic carbocycles. The van der Waals surface area contributed by atoms with Crippen LogP contribution >= 0.6 is 23.8 Å². The molecule has 0 amide bonds. The fourth-order valence-corrected chi connectivity index (χ4v) is 7.23. The summed E-state index contributed by atoms with van der Waals surface area (Å²) in [5.41, 5.74) is 5.72. The Balaban J connectivity index is 0.00000461. The first-order chi connectivity index (χ1) is 21.2. The van der Waals surface area contributed by atoms with Crippen LogP contribution in [0.15, 0.2) is 95.0 Å². The Morgan fingerprint density at radius 3 is 2.60 bits per heavy atom. The molecule has 45 heavy (non-hydrogen) atoms. The van der Waals surface area contributed by atoms with Crippen LogP contribution in [0, 0.1) is 13.8 Å². The molecular weight excluding hydrogens is 640 g/mol. The number of aryl methyl sites for hydroxylation is 3. The molecule has 1 aliphatic rings. The van der Waals surface area contributed by atoms with Crippen molar-refractivity contribution in [2.24, 2.45) is 0 Å². The number of aromatic nitrogens is 1. The van der Waals surface area contributed by atoms with Gasteiger partial charge >= 0.3 is 29.6 Å². The van der Waals surface area contributed by atoms with Crippen molar-refractivity contribution in [1.82, 2.24) is 0 Å². The first kappa shape index (κ1) is 35.7. The van der Waals surface area contributed by atoms with Crippen molar-refractivity contribution in [2.45, 2.75) is 38.1 Å². The third-order valence-electron chi connectivity index (χ3n) is 7.50. The zero-order valence-electron chi connectivity index (χ0n) is 25.5. The van der Waals surface area contributed by atoms with Gasteiger partial charge in [0, 0.05) is 58.9 Å². The van der Waals surface area contributed by atoms with Gasteiger partial charge in [-0.15, -0.1) is 0 Å². The maximum Gasteiger partial charge on any atom is 1.00 e. The minimum atomic E-state index is -4.28. The van der Waals surface area contributed by atoms with Crippen LogP contribution in [-0.4, -0.2) is 31.0 Å². The molecule has 0 spiro atoms. The number of pyridine rings is 1. The molecule has 1 aliphatic heterocycles. The van der Waals surface area contributed by atoms with E-state index in [2.05, 4.69) is 87.4 Å². The largest absolute Gasteiger partial charge is 1.00 e. The fourth-order valence-electron chi connectivity index (χ4n) is 5.28. The van der Waals surface area contributed by atoms with E-state index in [1.54, 1.807) is 11.8 Å². The number of thioether (sulfide) groups is 1. The van der Waals surface area contributed by atoms with Crippen LogP contribution in [0.5, 0.6) is 0 Å². The number of anilines is 1. The molecule has 1 aromatic heterocycles. The average molecular weight is 673 g/mol. The second-order valence-electron chi connectivity index (χ2n) is 10.5. The number of nitrogens with zero attached hydrogens (tertiary/aromatic N) is 2. The second kappa shape index (κ2) is 16.6. The number of benzene rings is 3. The molecule has 0 bridgehead atoms. The first-order valence-electron chi connectivity index (χ1n) is 14.2. The number of rotatable bonds is 13. The van der Waals surface area contributed by atoms with Gasteiger partial charge in [0.25, 0.3) is 0 Å². The van der Waals surface area contributed by atoms with Crippen molar-refractivity contribution in [3.63, 3.8) is 0 Å². The summed E-state index contributed by atoms with van der Waals surface area (Å²) >= 11 is 2.64. The van der Waals surface area contributed by atoms with Crippen LogP contribution in [0.3, 0.4) is 0 Å². The summed E-state index contributed by atoms with van der Waals surface area (Å²) in [6, 6.07) is 18.8. The molecule has 2 heterocycles. The zero-order chi connectivity index (χ0) is 31.1. The topological polar surface area (TPSA) is 106 Å². The minimum Gasteiger partial charge on any atom is -0.748 e. The molecule has 8 nitrogen and oxygen atoms in total. The number of allylic oxidation sites excluding steroid dienone is 4. The Hall–Kier alpha value is -2.16. The van der Waals surface area contributed by atoms with Gasteiger partial charge in [-0.1, -0.05) is 66.4 Å². The molecule has 0 N–H and O–H groups in total. The first-order valence-corrected chi connectivity index (χ1v) is 17.5. The number of fused-ring (bicyclic) bond motifs is 4. The van der Waals surface area contributed by atoms with Gasteiger partial charge in [0.1, 0.15) is 6.54 Å². The Morgan fingerprint density at radius 2 is 1.80 bits per heavy atom. The monoisotopic (exact) mass is 672 g/mol. The molecular formula is C33H33N2NaO6S3. The summed E-state index contributed by atoms with van der Waals surface area (Å²) in [6.45, 7) is 5.43. The van der Waals surface area contributed by atoms with E-state index in [0.29, 0.717) is 12.3 Å². The Kier molecular flexibility index (Phi) is 13.2. The third kappa shape index (κ3) is 9.23. The van der Waals surface area contributed by atoms with E-state index >= 15 is 0 Å². The van der Waals surface area contributed by atoms with E-state index in [-0.39, 0.29) is 36.0 Å². The molecule has 0 fully saturated rings. The van der Waals surface area contributed by atoms with E-state index < -0.39 is 15.9 Å². The standard InChI is InChI=1S/C33H34N2O6S3.Na/c1-24-22-29-27(16-19-34(30(29)23-25(24)2)17-8-20-42-41-40-36)10-4-3-5-13-32-35(18-9-21-44(37,38)39)33-28-12-7-6-11-26(28)14-15-31(33)43-32;/h3-7,10-16,19,22-23H,8-9,17-18,20-21H2,1-2H3,(H-,36,37,38,39);/q;+1/p-1. The Bertz CT molecular complexity index is 1860. The summed E-state index contributed by atoms with van der Waals surface area (Å²) in [4.78, 5) is 3.22. The van der Waals surface area contributed by atoms with Crippen molar-refractivity contribution in [3.05, 3.63) is 107 Å². The smallest absolute Gasteiger partial charge is 0.748 e. The predicted molar refractivity (Wildman–Crippen MR) is 175 cm³/mol. The van der Waals surface area contributed by atoms with Crippen molar-refractivity contribution in [2.75, 3.05) is 23.0 Å². The van der Waals surface area contributed by atoms with Gasteiger partial charge in [0.05, 0.1) is 26.2 Å². The Morgan fingerprint density at radius 1 is 1.00 bits per heavy atom. The molecule has 0 saturated carbocycles. The normalized spacial score (nSPS) is 14.3. The van der Waals surface area contributed by atoms with Gasteiger partial charge in [-0.3, -0.25) is 5.04 Å². The van der Waals surface area contributed by atoms with Gasteiger partial charge in [0.15, 0.2) is 6.20 Å². The quantitative estimate of drug-likeness (QED) is 0.0310. The summed E-state index contributed by atoms with van der Waals surface area (Å²) < 4.78 is 40.5. The van der Waals surface area contributed by atoms with Crippen LogP contribution in [0.1, 0.15) is 29.5 Å². The summed E-state index contributed by atoms with van der Waals surface area (Å²) in [5, 5.41) is 17.8. The average Bonchev–Trinajstić information content (AvgIpc) is 3.35. The van der Waals surface area contributed by atoms with Crippen LogP contribution in [-0.2, 0) is 26.0 Å². The molecule has 230 valence electrons. The van der Waals surface area contributed by atoms with Crippen molar-refractivity contribution < 1.29 is 61.7 Å². The molecule has 0 saturated heterocycles. The van der Waals surface area contributed by atoms with Gasteiger partial charge < -0.3 is 14.7 Å². The maximum absolute atomic E-state index is 11.3. The summed E-state index contributed by atoms with van der Waals surface area (Å²) in [5.74, 6) is 0.242. The van der Waals surface area contributed by atoms with Crippen LogP contribution in [0.2, 0.25) is 0 Å². The van der Waals surface area contributed by atoms with E-state index in [9.17, 15) is 18.2 Å². The molecule has 0 radical (unpaired) electrons. The molecule has 5 rings (SSSR count). The summed E-state index contributed by atoms with van der Waals surface area (Å²) in [6.07, 6.45) is 13.2. The van der Waals surface area contributed by atoms with Crippen molar-refractivity contribution in [3.8, 4) is 0 Å². The third-order valence-corrected chi connectivity index (χ3v) is 10.0. The van der Waals surface area contributed by atoms with Crippen molar-refractivity contribution in [1.29, 1.82) is 0 Å².